The molecule has 140 valence electrons. The molecule has 4 nitrogen and oxygen atoms in total. The highest BCUT2D eigenvalue weighted by Gasteiger charge is 2.20. The van der Waals surface area contributed by atoms with Crippen LogP contribution in [0.2, 0.25) is 0 Å². The van der Waals surface area contributed by atoms with Crippen LogP contribution in [-0.4, -0.2) is 8.42 Å². The summed E-state index contributed by atoms with van der Waals surface area (Å²) in [4.78, 5) is -0.554. The zero-order chi connectivity index (χ0) is 20.0. The van der Waals surface area contributed by atoms with Crippen molar-refractivity contribution in [2.75, 3.05) is 0 Å². The summed E-state index contributed by atoms with van der Waals surface area (Å²) in [7, 11) is -4.02. The average Bonchev–Trinajstić information content (AvgIpc) is 2.72. The predicted octanol–water partition coefficient (Wildman–Crippen LogP) is 4.74. The van der Waals surface area contributed by atoms with E-state index in [1.807, 2.05) is 30.3 Å². The molecule has 0 heterocycles. The van der Waals surface area contributed by atoms with Gasteiger partial charge < -0.3 is 4.74 Å². The van der Waals surface area contributed by atoms with Crippen molar-refractivity contribution < 1.29 is 17.5 Å². The molecule has 0 aliphatic carbocycles. The van der Waals surface area contributed by atoms with Crippen LogP contribution in [0, 0.1) is 17.1 Å². The zero-order valence-corrected chi connectivity index (χ0v) is 15.6. The SMILES string of the molecule is N#CC(=Cc1ccc(OCc2ccccc2)cc1)S(=O)(=O)c1ccc(F)cc1. The van der Waals surface area contributed by atoms with Gasteiger partial charge in [0.2, 0.25) is 9.84 Å². The Labute approximate surface area is 163 Å². The number of hydrogen-bond acceptors (Lipinski definition) is 4. The first-order valence-electron chi connectivity index (χ1n) is 8.38. The number of rotatable bonds is 6. The maximum absolute atomic E-state index is 13.0. The highest BCUT2D eigenvalue weighted by molar-refractivity contribution is 7.95. The van der Waals surface area contributed by atoms with Crippen molar-refractivity contribution in [3.8, 4) is 11.8 Å². The summed E-state index contributed by atoms with van der Waals surface area (Å²) in [6.07, 6.45) is 1.28. The fraction of sp³-hybridized carbons (Fsp3) is 0.0455. The fourth-order valence-corrected chi connectivity index (χ4v) is 3.62. The highest BCUT2D eigenvalue weighted by Crippen LogP contribution is 2.22. The Bertz CT molecular complexity index is 1120. The molecule has 0 bridgehead atoms. The maximum Gasteiger partial charge on any atom is 0.216 e. The van der Waals surface area contributed by atoms with Gasteiger partial charge in [0.15, 0.2) is 0 Å². The van der Waals surface area contributed by atoms with Crippen molar-refractivity contribution in [1.29, 1.82) is 5.26 Å². The molecule has 3 aromatic rings. The average molecular weight is 393 g/mol. The van der Waals surface area contributed by atoms with Gasteiger partial charge in [-0.05, 0) is 53.6 Å². The van der Waals surface area contributed by atoms with E-state index in [2.05, 4.69) is 0 Å². The summed E-state index contributed by atoms with van der Waals surface area (Å²) >= 11 is 0. The van der Waals surface area contributed by atoms with Gasteiger partial charge in [-0.3, -0.25) is 0 Å². The quantitative estimate of drug-likeness (QED) is 0.448. The first kappa shape index (κ1) is 19.3. The second-order valence-corrected chi connectivity index (χ2v) is 7.84. The molecule has 0 radical (unpaired) electrons. The lowest BCUT2D eigenvalue weighted by molar-refractivity contribution is 0.306. The normalized spacial score (nSPS) is 11.6. The van der Waals surface area contributed by atoms with Crippen LogP contribution < -0.4 is 4.74 Å². The van der Waals surface area contributed by atoms with E-state index in [1.165, 1.54) is 6.08 Å². The van der Waals surface area contributed by atoms with E-state index in [0.29, 0.717) is 17.9 Å². The predicted molar refractivity (Wildman–Crippen MR) is 104 cm³/mol. The molecule has 0 aliphatic heterocycles. The van der Waals surface area contributed by atoms with Gasteiger partial charge in [-0.15, -0.1) is 0 Å². The van der Waals surface area contributed by atoms with Crippen LogP contribution in [0.4, 0.5) is 4.39 Å². The number of allylic oxidation sites excluding steroid dienone is 1. The van der Waals surface area contributed by atoms with E-state index in [-0.39, 0.29) is 4.90 Å². The summed E-state index contributed by atoms with van der Waals surface area (Å²) in [5.74, 6) is 0.0773. The molecule has 0 unspecified atom stereocenters. The van der Waals surface area contributed by atoms with Gasteiger partial charge in [0, 0.05) is 0 Å². The fourth-order valence-electron chi connectivity index (χ4n) is 2.46. The van der Waals surface area contributed by atoms with Crippen LogP contribution in [0.25, 0.3) is 6.08 Å². The molecule has 0 N–H and O–H groups in total. The molecule has 3 aromatic carbocycles. The number of ether oxygens (including phenoxy) is 1. The van der Waals surface area contributed by atoms with E-state index in [9.17, 15) is 18.1 Å². The molecular formula is C22H16FNO3S. The van der Waals surface area contributed by atoms with E-state index in [0.717, 1.165) is 29.8 Å². The van der Waals surface area contributed by atoms with E-state index in [4.69, 9.17) is 4.74 Å². The third-order valence-corrected chi connectivity index (χ3v) is 5.63. The van der Waals surface area contributed by atoms with Gasteiger partial charge in [-0.2, -0.15) is 5.26 Å². The molecule has 0 saturated carbocycles. The third-order valence-electron chi connectivity index (χ3n) is 3.95. The number of halogens is 1. The molecule has 0 saturated heterocycles. The maximum atomic E-state index is 13.0. The van der Waals surface area contributed by atoms with Gasteiger partial charge in [-0.25, -0.2) is 12.8 Å². The summed E-state index contributed by atoms with van der Waals surface area (Å²) in [5, 5.41) is 9.31. The van der Waals surface area contributed by atoms with Gasteiger partial charge >= 0.3 is 0 Å². The van der Waals surface area contributed by atoms with Crippen LogP contribution in [0.3, 0.4) is 0 Å². The molecule has 0 fully saturated rings. The molecular weight excluding hydrogens is 377 g/mol. The molecule has 6 heteroatoms. The van der Waals surface area contributed by atoms with Crippen LogP contribution in [0.5, 0.6) is 5.75 Å². The van der Waals surface area contributed by atoms with Crippen LogP contribution >= 0.6 is 0 Å². The van der Waals surface area contributed by atoms with E-state index in [1.54, 1.807) is 30.3 Å². The number of sulfone groups is 1. The Morgan fingerprint density at radius 2 is 1.61 bits per heavy atom. The minimum absolute atomic E-state index is 0.135. The van der Waals surface area contributed by atoms with Gasteiger partial charge in [0.05, 0.1) is 4.90 Å². The topological polar surface area (TPSA) is 67.2 Å². The van der Waals surface area contributed by atoms with Crippen molar-refractivity contribution in [2.45, 2.75) is 11.5 Å². The molecule has 0 atom stereocenters. The van der Waals surface area contributed by atoms with Crippen molar-refractivity contribution in [2.24, 2.45) is 0 Å². The lowest BCUT2D eigenvalue weighted by atomic mass is 10.2. The minimum atomic E-state index is -4.02. The molecule has 0 aromatic heterocycles. The molecule has 0 amide bonds. The molecule has 0 aliphatic rings. The Morgan fingerprint density at radius 1 is 0.964 bits per heavy atom. The van der Waals surface area contributed by atoms with Crippen molar-refractivity contribution in [1.82, 2.24) is 0 Å². The number of nitriles is 1. The van der Waals surface area contributed by atoms with Gasteiger partial charge in [-0.1, -0.05) is 42.5 Å². The minimum Gasteiger partial charge on any atom is -0.489 e. The first-order chi connectivity index (χ1) is 13.5. The van der Waals surface area contributed by atoms with Crippen LogP contribution in [0.15, 0.2) is 88.7 Å². The monoisotopic (exact) mass is 393 g/mol. The summed E-state index contributed by atoms with van der Waals surface area (Å²) in [6.45, 7) is 0.415. The summed E-state index contributed by atoms with van der Waals surface area (Å²) < 4.78 is 43.8. The third kappa shape index (κ3) is 4.64. The zero-order valence-electron chi connectivity index (χ0n) is 14.7. The second-order valence-electron chi connectivity index (χ2n) is 5.92. The smallest absolute Gasteiger partial charge is 0.216 e. The second kappa shape index (κ2) is 8.51. The van der Waals surface area contributed by atoms with E-state index >= 15 is 0 Å². The van der Waals surface area contributed by atoms with Crippen LogP contribution in [0.1, 0.15) is 11.1 Å². The Balaban J connectivity index is 1.77. The Hall–Kier alpha value is -3.43. The Morgan fingerprint density at radius 3 is 2.21 bits per heavy atom. The van der Waals surface area contributed by atoms with Crippen molar-refractivity contribution in [3.63, 3.8) is 0 Å². The molecule has 28 heavy (non-hydrogen) atoms. The van der Waals surface area contributed by atoms with Gasteiger partial charge in [0.1, 0.15) is 29.1 Å². The van der Waals surface area contributed by atoms with Gasteiger partial charge in [0.25, 0.3) is 0 Å². The Kier molecular flexibility index (Phi) is 5.87. The molecule has 3 rings (SSSR count). The van der Waals surface area contributed by atoms with E-state index < -0.39 is 20.6 Å². The van der Waals surface area contributed by atoms with Crippen LogP contribution in [-0.2, 0) is 16.4 Å². The largest absolute Gasteiger partial charge is 0.489 e. The first-order valence-corrected chi connectivity index (χ1v) is 9.86. The number of nitrogens with zero attached hydrogens (tertiary/aromatic N) is 1. The number of hydrogen-bond donors (Lipinski definition) is 0. The standard InChI is InChI=1S/C22H16FNO3S/c23-19-8-12-21(13-9-19)28(25,26)22(15-24)14-17-6-10-20(11-7-17)27-16-18-4-2-1-3-5-18/h1-14H,16H2. The highest BCUT2D eigenvalue weighted by atomic mass is 32.2. The molecule has 0 spiro atoms. The lowest BCUT2D eigenvalue weighted by Crippen LogP contribution is -2.03. The summed E-state index contributed by atoms with van der Waals surface area (Å²) in [5.41, 5.74) is 1.57. The lowest BCUT2D eigenvalue weighted by Gasteiger charge is -2.07. The van der Waals surface area contributed by atoms with Crippen molar-refractivity contribution >= 4 is 15.9 Å². The number of benzene rings is 3. The summed E-state index contributed by atoms with van der Waals surface area (Å²) in [6, 6.07) is 22.5. The van der Waals surface area contributed by atoms with Crippen molar-refractivity contribution in [3.05, 3.63) is 101 Å².